The summed E-state index contributed by atoms with van der Waals surface area (Å²) in [6, 6.07) is 22.8. The van der Waals surface area contributed by atoms with Gasteiger partial charge in [0.2, 0.25) is 5.95 Å². The summed E-state index contributed by atoms with van der Waals surface area (Å²) in [5, 5.41) is 6.48. The van der Waals surface area contributed by atoms with Gasteiger partial charge in [-0.25, -0.2) is 4.98 Å². The molecule has 2 aromatic heterocycles. The molecule has 2 aromatic carbocycles. The van der Waals surface area contributed by atoms with Crippen LogP contribution in [0.4, 0.5) is 17.5 Å². The van der Waals surface area contributed by atoms with Crippen molar-refractivity contribution in [3.63, 3.8) is 0 Å². The number of Topliss-reactive ketones (excluding diaryl/α,β-unsaturated/α-hetero) is 1. The third kappa shape index (κ3) is 4.68. The van der Waals surface area contributed by atoms with E-state index in [4.69, 9.17) is 4.42 Å². The number of furan rings is 1. The van der Waals surface area contributed by atoms with Crippen LogP contribution in [0.15, 0.2) is 83.5 Å². The molecule has 2 N–H and O–H groups in total. The van der Waals surface area contributed by atoms with E-state index in [2.05, 4.69) is 20.6 Å². The van der Waals surface area contributed by atoms with Gasteiger partial charge in [-0.2, -0.15) is 4.98 Å². The number of anilines is 3. The lowest BCUT2D eigenvalue weighted by Crippen LogP contribution is -2.05. The fraction of sp³-hybridized carbons (Fsp3) is 0.0870. The predicted molar refractivity (Wildman–Crippen MR) is 113 cm³/mol. The molecular formula is C23H20N4O2. The molecule has 4 rings (SSSR count). The number of benzene rings is 2. The van der Waals surface area contributed by atoms with Crippen molar-refractivity contribution >= 4 is 23.2 Å². The van der Waals surface area contributed by atoms with Crippen LogP contribution in [-0.2, 0) is 6.54 Å². The Morgan fingerprint density at radius 2 is 1.83 bits per heavy atom. The van der Waals surface area contributed by atoms with E-state index in [9.17, 15) is 4.79 Å². The molecule has 2 heterocycles. The highest BCUT2D eigenvalue weighted by Gasteiger charge is 2.09. The summed E-state index contributed by atoms with van der Waals surface area (Å²) in [4.78, 5) is 20.9. The maximum Gasteiger partial charge on any atom is 0.229 e. The first kappa shape index (κ1) is 18.4. The van der Waals surface area contributed by atoms with Gasteiger partial charge in [0.25, 0.3) is 0 Å². The summed E-state index contributed by atoms with van der Waals surface area (Å²) < 4.78 is 5.38. The Morgan fingerprint density at radius 3 is 2.59 bits per heavy atom. The number of carbonyl (C=O) groups excluding carboxylic acids is 1. The first-order chi connectivity index (χ1) is 14.2. The standard InChI is InChI=1S/C23H20N4O2/c1-16(28)18-9-5-10-19(13-18)25-23-26-21(17-7-3-2-4-8-17)14-22(27-23)24-15-20-11-6-12-29-20/h2-14H,15H2,1H3,(H2,24,25,26,27). The number of nitrogens with one attached hydrogen (secondary N) is 2. The number of nitrogens with zero attached hydrogens (tertiary/aromatic N) is 2. The first-order valence-electron chi connectivity index (χ1n) is 9.26. The summed E-state index contributed by atoms with van der Waals surface area (Å²) in [7, 11) is 0. The molecular weight excluding hydrogens is 364 g/mol. The number of ketones is 1. The van der Waals surface area contributed by atoms with E-state index in [1.807, 2.05) is 60.7 Å². The van der Waals surface area contributed by atoms with Crippen LogP contribution in [0.5, 0.6) is 0 Å². The van der Waals surface area contributed by atoms with Crippen LogP contribution in [0.25, 0.3) is 11.3 Å². The highest BCUT2D eigenvalue weighted by Crippen LogP contribution is 2.24. The lowest BCUT2D eigenvalue weighted by atomic mass is 10.1. The molecule has 0 amide bonds. The van der Waals surface area contributed by atoms with Crippen molar-refractivity contribution in [1.82, 2.24) is 9.97 Å². The minimum Gasteiger partial charge on any atom is -0.467 e. The van der Waals surface area contributed by atoms with Crippen molar-refractivity contribution in [3.8, 4) is 11.3 Å². The van der Waals surface area contributed by atoms with Gasteiger partial charge < -0.3 is 15.1 Å². The number of aromatic nitrogens is 2. The molecule has 0 aliphatic carbocycles. The van der Waals surface area contributed by atoms with Crippen molar-refractivity contribution in [2.45, 2.75) is 13.5 Å². The molecule has 0 fully saturated rings. The second-order valence-corrected chi connectivity index (χ2v) is 6.52. The number of rotatable bonds is 7. The zero-order valence-corrected chi connectivity index (χ0v) is 15.9. The third-order valence-electron chi connectivity index (χ3n) is 4.34. The van der Waals surface area contributed by atoms with Gasteiger partial charge in [-0.3, -0.25) is 4.79 Å². The quantitative estimate of drug-likeness (QED) is 0.421. The Balaban J connectivity index is 1.65. The zero-order valence-electron chi connectivity index (χ0n) is 15.9. The maximum absolute atomic E-state index is 11.7. The Labute approximate surface area is 168 Å². The summed E-state index contributed by atoms with van der Waals surface area (Å²) in [5.41, 5.74) is 3.15. The molecule has 0 radical (unpaired) electrons. The molecule has 0 aliphatic heterocycles. The Kier molecular flexibility index (Phi) is 5.33. The average Bonchev–Trinajstić information content (AvgIpc) is 3.27. The number of hydrogen-bond donors (Lipinski definition) is 2. The van der Waals surface area contributed by atoms with E-state index in [0.29, 0.717) is 23.9 Å². The van der Waals surface area contributed by atoms with Crippen LogP contribution < -0.4 is 10.6 Å². The van der Waals surface area contributed by atoms with Crippen LogP contribution in [0, 0.1) is 0 Å². The molecule has 0 bridgehead atoms. The van der Waals surface area contributed by atoms with Crippen LogP contribution in [0.2, 0.25) is 0 Å². The normalized spacial score (nSPS) is 10.5. The van der Waals surface area contributed by atoms with Gasteiger partial charge >= 0.3 is 0 Å². The van der Waals surface area contributed by atoms with Crippen LogP contribution in [-0.4, -0.2) is 15.8 Å². The molecule has 6 nitrogen and oxygen atoms in total. The minimum absolute atomic E-state index is 0.00779. The van der Waals surface area contributed by atoms with E-state index < -0.39 is 0 Å². The van der Waals surface area contributed by atoms with Gasteiger partial charge in [0.15, 0.2) is 5.78 Å². The fourth-order valence-corrected chi connectivity index (χ4v) is 2.89. The van der Waals surface area contributed by atoms with E-state index in [-0.39, 0.29) is 5.78 Å². The van der Waals surface area contributed by atoms with Gasteiger partial charge in [0.05, 0.1) is 18.5 Å². The lowest BCUT2D eigenvalue weighted by Gasteiger charge is -2.11. The molecule has 0 saturated heterocycles. The van der Waals surface area contributed by atoms with Gasteiger partial charge in [-0.15, -0.1) is 0 Å². The predicted octanol–water partition coefficient (Wildman–Crippen LogP) is 5.29. The van der Waals surface area contributed by atoms with E-state index >= 15 is 0 Å². The highest BCUT2D eigenvalue weighted by atomic mass is 16.3. The lowest BCUT2D eigenvalue weighted by molar-refractivity contribution is 0.101. The molecule has 0 saturated carbocycles. The van der Waals surface area contributed by atoms with Crippen LogP contribution in [0.3, 0.4) is 0 Å². The Morgan fingerprint density at radius 1 is 0.966 bits per heavy atom. The number of hydrogen-bond acceptors (Lipinski definition) is 6. The molecule has 144 valence electrons. The van der Waals surface area contributed by atoms with Gasteiger partial charge in [-0.1, -0.05) is 42.5 Å². The van der Waals surface area contributed by atoms with Crippen molar-refractivity contribution in [2.24, 2.45) is 0 Å². The van der Waals surface area contributed by atoms with Crippen LogP contribution in [0.1, 0.15) is 23.0 Å². The van der Waals surface area contributed by atoms with E-state index in [1.54, 1.807) is 25.3 Å². The van der Waals surface area contributed by atoms with Gasteiger partial charge in [0, 0.05) is 22.9 Å². The molecule has 0 aliphatic rings. The number of carbonyl (C=O) groups is 1. The fourth-order valence-electron chi connectivity index (χ4n) is 2.89. The van der Waals surface area contributed by atoms with Crippen molar-refractivity contribution in [3.05, 3.63) is 90.4 Å². The van der Waals surface area contributed by atoms with E-state index in [0.717, 1.165) is 22.7 Å². The van der Waals surface area contributed by atoms with Gasteiger partial charge in [0.1, 0.15) is 11.6 Å². The minimum atomic E-state index is 0.00779. The van der Waals surface area contributed by atoms with Crippen molar-refractivity contribution < 1.29 is 9.21 Å². The molecule has 4 aromatic rings. The van der Waals surface area contributed by atoms with Crippen molar-refractivity contribution in [2.75, 3.05) is 10.6 Å². The molecule has 0 atom stereocenters. The monoisotopic (exact) mass is 384 g/mol. The topological polar surface area (TPSA) is 80.0 Å². The van der Waals surface area contributed by atoms with Crippen LogP contribution >= 0.6 is 0 Å². The summed E-state index contributed by atoms with van der Waals surface area (Å²) in [5.74, 6) is 1.93. The molecule has 6 heteroatoms. The summed E-state index contributed by atoms with van der Waals surface area (Å²) >= 11 is 0. The first-order valence-corrected chi connectivity index (χ1v) is 9.26. The summed E-state index contributed by atoms with van der Waals surface area (Å²) in [6.45, 7) is 2.06. The van der Waals surface area contributed by atoms with E-state index in [1.165, 1.54) is 0 Å². The summed E-state index contributed by atoms with van der Waals surface area (Å²) in [6.07, 6.45) is 1.64. The second-order valence-electron chi connectivity index (χ2n) is 6.52. The largest absolute Gasteiger partial charge is 0.467 e. The molecule has 0 spiro atoms. The maximum atomic E-state index is 11.7. The third-order valence-corrected chi connectivity index (χ3v) is 4.34. The van der Waals surface area contributed by atoms with Crippen molar-refractivity contribution in [1.29, 1.82) is 0 Å². The van der Waals surface area contributed by atoms with Gasteiger partial charge in [-0.05, 0) is 31.2 Å². The average molecular weight is 384 g/mol. The Hall–Kier alpha value is -3.93. The second kappa shape index (κ2) is 8.39. The Bertz CT molecular complexity index is 1110. The highest BCUT2D eigenvalue weighted by molar-refractivity contribution is 5.95. The smallest absolute Gasteiger partial charge is 0.229 e. The molecule has 29 heavy (non-hydrogen) atoms. The SMILES string of the molecule is CC(=O)c1cccc(Nc2nc(NCc3ccco3)cc(-c3ccccc3)n2)c1. The zero-order chi connectivity index (χ0) is 20.1. The molecule has 0 unspecified atom stereocenters.